The maximum Gasteiger partial charge on any atom is 0.241 e. The topological polar surface area (TPSA) is 79.2 Å². The maximum absolute atomic E-state index is 11.7. The number of sulfonamides is 1. The van der Waals surface area contributed by atoms with E-state index in [4.69, 9.17) is 10.00 Å². The second-order valence-electron chi connectivity index (χ2n) is 3.62. The number of nitriles is 1. The van der Waals surface area contributed by atoms with Gasteiger partial charge in [0, 0.05) is 0 Å². The summed E-state index contributed by atoms with van der Waals surface area (Å²) < 4.78 is 31.0. The minimum absolute atomic E-state index is 0.0237. The van der Waals surface area contributed by atoms with Crippen molar-refractivity contribution in [1.29, 1.82) is 5.26 Å². The molecule has 0 spiro atoms. The van der Waals surface area contributed by atoms with Crippen LogP contribution in [0.15, 0.2) is 23.1 Å². The lowest BCUT2D eigenvalue weighted by Gasteiger charge is -2.13. The van der Waals surface area contributed by atoms with Gasteiger partial charge >= 0.3 is 0 Å². The SMILES string of the molecule is CNS(=O)(=O)c1cccc(OC(C)C)c1C#N. The molecule has 0 bridgehead atoms. The summed E-state index contributed by atoms with van der Waals surface area (Å²) >= 11 is 0. The quantitative estimate of drug-likeness (QED) is 0.877. The van der Waals surface area contributed by atoms with E-state index in [0.717, 1.165) is 0 Å². The number of nitrogens with zero attached hydrogens (tertiary/aromatic N) is 1. The van der Waals surface area contributed by atoms with Crippen LogP contribution in [0.3, 0.4) is 0 Å². The Morgan fingerprint density at radius 1 is 1.41 bits per heavy atom. The van der Waals surface area contributed by atoms with Gasteiger partial charge in [-0.1, -0.05) is 6.07 Å². The van der Waals surface area contributed by atoms with E-state index < -0.39 is 10.0 Å². The number of nitrogens with one attached hydrogen (secondary N) is 1. The highest BCUT2D eigenvalue weighted by Gasteiger charge is 2.20. The van der Waals surface area contributed by atoms with Crippen LogP contribution in [-0.4, -0.2) is 21.6 Å². The molecule has 0 aliphatic rings. The third-order valence-electron chi connectivity index (χ3n) is 2.02. The number of rotatable bonds is 4. The summed E-state index contributed by atoms with van der Waals surface area (Å²) in [5.41, 5.74) is 0.0237. The average Bonchev–Trinajstić information content (AvgIpc) is 2.28. The molecule has 0 saturated heterocycles. The minimum atomic E-state index is -3.65. The first-order valence-electron chi connectivity index (χ1n) is 5.05. The van der Waals surface area contributed by atoms with Crippen LogP contribution >= 0.6 is 0 Å². The molecular formula is C11H14N2O3S. The average molecular weight is 254 g/mol. The lowest BCUT2D eigenvalue weighted by atomic mass is 10.2. The van der Waals surface area contributed by atoms with Gasteiger partial charge in [-0.25, -0.2) is 13.1 Å². The van der Waals surface area contributed by atoms with Crippen molar-refractivity contribution in [2.24, 2.45) is 0 Å². The summed E-state index contributed by atoms with van der Waals surface area (Å²) in [6, 6.07) is 6.36. The third kappa shape index (κ3) is 2.96. The predicted octanol–water partition coefficient (Wildman–Crippen LogP) is 1.25. The Morgan fingerprint density at radius 3 is 2.53 bits per heavy atom. The molecule has 0 fully saturated rings. The summed E-state index contributed by atoms with van der Waals surface area (Å²) in [4.78, 5) is -0.0688. The Bertz CT molecular complexity index is 544. The van der Waals surface area contributed by atoms with Crippen LogP contribution in [0.5, 0.6) is 5.75 Å². The molecule has 1 N–H and O–H groups in total. The molecule has 0 unspecified atom stereocenters. The molecule has 0 radical (unpaired) electrons. The molecule has 1 aromatic carbocycles. The molecule has 0 atom stereocenters. The minimum Gasteiger partial charge on any atom is -0.490 e. The van der Waals surface area contributed by atoms with E-state index in [1.165, 1.54) is 13.1 Å². The van der Waals surface area contributed by atoms with Crippen LogP contribution in [0.4, 0.5) is 0 Å². The van der Waals surface area contributed by atoms with Crippen molar-refractivity contribution < 1.29 is 13.2 Å². The van der Waals surface area contributed by atoms with E-state index in [-0.39, 0.29) is 22.3 Å². The van der Waals surface area contributed by atoms with E-state index in [1.54, 1.807) is 26.0 Å². The number of hydrogen-bond acceptors (Lipinski definition) is 4. The first-order valence-corrected chi connectivity index (χ1v) is 6.54. The van der Waals surface area contributed by atoms with Crippen LogP contribution < -0.4 is 9.46 Å². The lowest BCUT2D eigenvalue weighted by molar-refractivity contribution is 0.241. The second-order valence-corrected chi connectivity index (χ2v) is 5.47. The van der Waals surface area contributed by atoms with Crippen LogP contribution in [0.25, 0.3) is 0 Å². The van der Waals surface area contributed by atoms with Gasteiger partial charge in [0.05, 0.1) is 6.10 Å². The third-order valence-corrected chi connectivity index (χ3v) is 3.48. The van der Waals surface area contributed by atoms with E-state index in [0.29, 0.717) is 0 Å². The molecule has 0 heterocycles. The fourth-order valence-electron chi connectivity index (χ4n) is 1.31. The van der Waals surface area contributed by atoms with Gasteiger partial charge in [-0.05, 0) is 33.0 Å². The molecule has 6 heteroatoms. The van der Waals surface area contributed by atoms with Crippen molar-refractivity contribution in [2.75, 3.05) is 7.05 Å². The normalized spacial score (nSPS) is 11.2. The number of hydrogen-bond donors (Lipinski definition) is 1. The fourth-order valence-corrected chi connectivity index (χ4v) is 2.20. The van der Waals surface area contributed by atoms with Gasteiger partial charge < -0.3 is 4.74 Å². The molecule has 5 nitrogen and oxygen atoms in total. The van der Waals surface area contributed by atoms with Crippen molar-refractivity contribution in [3.8, 4) is 11.8 Å². The first-order chi connectivity index (χ1) is 7.92. The molecule has 92 valence electrons. The Morgan fingerprint density at radius 2 is 2.06 bits per heavy atom. The smallest absolute Gasteiger partial charge is 0.241 e. The number of ether oxygens (including phenoxy) is 1. The summed E-state index contributed by atoms with van der Waals surface area (Å²) in [7, 11) is -2.35. The highest BCUT2D eigenvalue weighted by Crippen LogP contribution is 2.25. The van der Waals surface area contributed by atoms with Gasteiger partial charge in [0.15, 0.2) is 0 Å². The van der Waals surface area contributed by atoms with Crippen molar-refractivity contribution in [3.63, 3.8) is 0 Å². The highest BCUT2D eigenvalue weighted by molar-refractivity contribution is 7.89. The summed E-state index contributed by atoms with van der Waals surface area (Å²) in [5.74, 6) is 0.277. The molecule has 0 aliphatic carbocycles. The monoisotopic (exact) mass is 254 g/mol. The lowest BCUT2D eigenvalue weighted by Crippen LogP contribution is -2.20. The van der Waals surface area contributed by atoms with E-state index >= 15 is 0 Å². The van der Waals surface area contributed by atoms with Gasteiger partial charge in [-0.2, -0.15) is 5.26 Å². The number of benzene rings is 1. The van der Waals surface area contributed by atoms with Crippen molar-refractivity contribution in [1.82, 2.24) is 4.72 Å². The van der Waals surface area contributed by atoms with Crippen LogP contribution in [0.1, 0.15) is 19.4 Å². The summed E-state index contributed by atoms with van der Waals surface area (Å²) in [6.45, 7) is 3.61. The Labute approximate surface area is 101 Å². The highest BCUT2D eigenvalue weighted by atomic mass is 32.2. The van der Waals surface area contributed by atoms with Crippen molar-refractivity contribution >= 4 is 10.0 Å². The van der Waals surface area contributed by atoms with Crippen molar-refractivity contribution in [2.45, 2.75) is 24.8 Å². The van der Waals surface area contributed by atoms with Gasteiger partial charge in [0.25, 0.3) is 0 Å². The van der Waals surface area contributed by atoms with Gasteiger partial charge in [0.1, 0.15) is 22.3 Å². The molecule has 0 aromatic heterocycles. The van der Waals surface area contributed by atoms with Gasteiger partial charge in [0.2, 0.25) is 10.0 Å². The molecule has 1 aromatic rings. The summed E-state index contributed by atoms with van der Waals surface area (Å²) in [6.07, 6.45) is -0.130. The zero-order valence-corrected chi connectivity index (χ0v) is 10.7. The molecule has 17 heavy (non-hydrogen) atoms. The Kier molecular flexibility index (Phi) is 4.10. The molecule has 0 saturated carbocycles. The largest absolute Gasteiger partial charge is 0.490 e. The zero-order chi connectivity index (χ0) is 13.1. The molecular weight excluding hydrogens is 240 g/mol. The van der Waals surface area contributed by atoms with Gasteiger partial charge in [-0.15, -0.1) is 0 Å². The molecule has 0 amide bonds. The first kappa shape index (κ1) is 13.5. The van der Waals surface area contributed by atoms with Crippen molar-refractivity contribution in [3.05, 3.63) is 23.8 Å². The Hall–Kier alpha value is -1.58. The maximum atomic E-state index is 11.7. The standard InChI is InChI=1S/C11H14N2O3S/c1-8(2)16-10-5-4-6-11(9(10)7-12)17(14,15)13-3/h4-6,8,13H,1-3H3. The van der Waals surface area contributed by atoms with Gasteiger partial charge in [-0.3, -0.25) is 0 Å². The predicted molar refractivity (Wildman–Crippen MR) is 63.2 cm³/mol. The second kappa shape index (κ2) is 5.17. The van der Waals surface area contributed by atoms with E-state index in [9.17, 15) is 8.42 Å². The molecule has 1 rings (SSSR count). The van der Waals surface area contributed by atoms with Crippen LogP contribution in [0, 0.1) is 11.3 Å². The van der Waals surface area contributed by atoms with E-state index in [2.05, 4.69) is 4.72 Å². The summed E-state index contributed by atoms with van der Waals surface area (Å²) in [5, 5.41) is 9.05. The van der Waals surface area contributed by atoms with Crippen LogP contribution in [0.2, 0.25) is 0 Å². The molecule has 0 aliphatic heterocycles. The zero-order valence-electron chi connectivity index (χ0n) is 9.89. The fraction of sp³-hybridized carbons (Fsp3) is 0.364. The van der Waals surface area contributed by atoms with E-state index in [1.807, 2.05) is 6.07 Å². The van der Waals surface area contributed by atoms with Crippen LogP contribution in [-0.2, 0) is 10.0 Å². The Balaban J connectivity index is 3.40.